The predicted octanol–water partition coefficient (Wildman–Crippen LogP) is 4.09. The number of hydrogen-bond acceptors (Lipinski definition) is 2. The summed E-state index contributed by atoms with van der Waals surface area (Å²) in [5, 5.41) is 0. The number of esters is 1. The Morgan fingerprint density at radius 3 is 2.11 bits per heavy atom. The number of rotatable bonds is 7. The second-order valence-corrected chi connectivity index (χ2v) is 4.14. The summed E-state index contributed by atoms with van der Waals surface area (Å²) in [4.78, 5) is 10.7. The minimum Gasteiger partial charge on any atom is -0.458 e. The third kappa shape index (κ3) is 5.18. The first kappa shape index (κ1) is 17.1. The molecule has 18 heavy (non-hydrogen) atoms. The van der Waals surface area contributed by atoms with Gasteiger partial charge in [0.05, 0.1) is 6.10 Å². The van der Waals surface area contributed by atoms with Crippen LogP contribution >= 0.6 is 0 Å². The van der Waals surface area contributed by atoms with Gasteiger partial charge in [-0.1, -0.05) is 26.2 Å². The first-order valence-corrected chi connectivity index (χ1v) is 5.78. The summed E-state index contributed by atoms with van der Waals surface area (Å²) in [5.74, 6) is -7.97. The quantitative estimate of drug-likeness (QED) is 0.398. The Morgan fingerprint density at radius 2 is 1.67 bits per heavy atom. The summed E-state index contributed by atoms with van der Waals surface area (Å²) < 4.78 is 64.7. The molecule has 0 rings (SSSR count). The van der Waals surface area contributed by atoms with Gasteiger partial charge in [0.25, 0.3) is 0 Å². The van der Waals surface area contributed by atoms with E-state index in [0.29, 0.717) is 6.42 Å². The van der Waals surface area contributed by atoms with E-state index in [1.807, 2.05) is 6.92 Å². The molecule has 0 aliphatic heterocycles. The molecule has 0 aromatic carbocycles. The molecular formula is C11H17F5O2. The molecule has 1 unspecified atom stereocenters. The van der Waals surface area contributed by atoms with E-state index >= 15 is 0 Å². The van der Waals surface area contributed by atoms with Crippen LogP contribution in [-0.4, -0.2) is 24.2 Å². The third-order valence-corrected chi connectivity index (χ3v) is 2.38. The Bertz CT molecular complexity index is 263. The Morgan fingerprint density at radius 1 is 1.11 bits per heavy atom. The number of unbranched alkanes of at least 4 members (excludes halogenated alkanes) is 3. The van der Waals surface area contributed by atoms with E-state index in [4.69, 9.17) is 0 Å². The van der Waals surface area contributed by atoms with E-state index in [1.165, 1.54) is 6.92 Å². The van der Waals surface area contributed by atoms with E-state index in [1.54, 1.807) is 0 Å². The molecule has 0 saturated carbocycles. The van der Waals surface area contributed by atoms with E-state index in [9.17, 15) is 26.7 Å². The SMILES string of the molecule is CCCCCCC(C)OC(=O)C(F)(F)C(F)(F)F. The number of ether oxygens (including phenoxy) is 1. The van der Waals surface area contributed by atoms with Gasteiger partial charge >= 0.3 is 18.1 Å². The van der Waals surface area contributed by atoms with Crippen LogP contribution in [0.2, 0.25) is 0 Å². The topological polar surface area (TPSA) is 26.3 Å². The Labute approximate surface area is 102 Å². The van der Waals surface area contributed by atoms with Crippen LogP contribution in [-0.2, 0) is 9.53 Å². The first-order valence-electron chi connectivity index (χ1n) is 5.78. The highest BCUT2D eigenvalue weighted by Gasteiger charge is 2.65. The van der Waals surface area contributed by atoms with Crippen LogP contribution in [0.15, 0.2) is 0 Å². The normalized spacial score (nSPS) is 14.4. The van der Waals surface area contributed by atoms with Gasteiger partial charge in [0.2, 0.25) is 0 Å². The zero-order valence-corrected chi connectivity index (χ0v) is 10.3. The molecule has 0 bridgehead atoms. The Kier molecular flexibility index (Phi) is 6.56. The van der Waals surface area contributed by atoms with E-state index in [0.717, 1.165) is 19.3 Å². The van der Waals surface area contributed by atoms with Crippen LogP contribution in [0.25, 0.3) is 0 Å². The van der Waals surface area contributed by atoms with Gasteiger partial charge in [-0.15, -0.1) is 0 Å². The molecule has 0 N–H and O–H groups in total. The predicted molar refractivity (Wildman–Crippen MR) is 55.3 cm³/mol. The first-order chi connectivity index (χ1) is 8.13. The van der Waals surface area contributed by atoms with Crippen molar-refractivity contribution in [2.75, 3.05) is 0 Å². The molecule has 0 radical (unpaired) electrons. The summed E-state index contributed by atoms with van der Waals surface area (Å²) in [5.41, 5.74) is 0. The molecule has 0 spiro atoms. The average molecular weight is 276 g/mol. The molecule has 0 aliphatic carbocycles. The third-order valence-electron chi connectivity index (χ3n) is 2.38. The molecule has 0 aliphatic rings. The van der Waals surface area contributed by atoms with Crippen molar-refractivity contribution in [2.24, 2.45) is 0 Å². The minimum absolute atomic E-state index is 0.277. The molecule has 0 fully saturated rings. The van der Waals surface area contributed by atoms with Crippen LogP contribution in [0.3, 0.4) is 0 Å². The molecule has 0 amide bonds. The van der Waals surface area contributed by atoms with Crippen molar-refractivity contribution in [3.63, 3.8) is 0 Å². The summed E-state index contributed by atoms with van der Waals surface area (Å²) in [6, 6.07) is 0. The van der Waals surface area contributed by atoms with Crippen LogP contribution in [0.1, 0.15) is 46.0 Å². The van der Waals surface area contributed by atoms with Crippen molar-refractivity contribution in [3.8, 4) is 0 Å². The molecular weight excluding hydrogens is 259 g/mol. The fraction of sp³-hybridized carbons (Fsp3) is 0.909. The van der Waals surface area contributed by atoms with E-state index in [2.05, 4.69) is 4.74 Å². The molecule has 0 saturated heterocycles. The lowest BCUT2D eigenvalue weighted by Crippen LogP contribution is -2.46. The number of carbonyl (C=O) groups is 1. The molecule has 0 aromatic heterocycles. The zero-order valence-electron chi connectivity index (χ0n) is 10.3. The van der Waals surface area contributed by atoms with Crippen LogP contribution in [0.5, 0.6) is 0 Å². The van der Waals surface area contributed by atoms with Gasteiger partial charge < -0.3 is 4.74 Å². The largest absolute Gasteiger partial charge is 0.465 e. The van der Waals surface area contributed by atoms with Crippen molar-refractivity contribution in [1.82, 2.24) is 0 Å². The van der Waals surface area contributed by atoms with Crippen molar-refractivity contribution >= 4 is 5.97 Å². The molecule has 0 heterocycles. The molecule has 1 atom stereocenters. The highest BCUT2D eigenvalue weighted by molar-refractivity contribution is 5.78. The summed E-state index contributed by atoms with van der Waals surface area (Å²) in [6.07, 6.45) is -3.21. The lowest BCUT2D eigenvalue weighted by molar-refractivity contribution is -0.282. The maximum absolute atomic E-state index is 12.5. The Balaban J connectivity index is 4.15. The molecule has 108 valence electrons. The van der Waals surface area contributed by atoms with Gasteiger partial charge in [0.1, 0.15) is 0 Å². The van der Waals surface area contributed by atoms with E-state index < -0.39 is 24.2 Å². The maximum Gasteiger partial charge on any atom is 0.465 e. The lowest BCUT2D eigenvalue weighted by atomic mass is 10.1. The standard InChI is InChI=1S/C11H17F5O2/c1-3-4-5-6-7-8(2)18-9(17)10(12,13)11(14,15)16/h8H,3-7H2,1-2H3. The second-order valence-electron chi connectivity index (χ2n) is 4.14. The van der Waals surface area contributed by atoms with Crippen LogP contribution in [0.4, 0.5) is 22.0 Å². The van der Waals surface area contributed by atoms with Gasteiger partial charge in [0.15, 0.2) is 0 Å². The number of halogens is 5. The van der Waals surface area contributed by atoms with Crippen molar-refractivity contribution in [2.45, 2.75) is 64.2 Å². The number of hydrogen-bond donors (Lipinski definition) is 0. The summed E-state index contributed by atoms with van der Waals surface area (Å²) in [6.45, 7) is 3.28. The average Bonchev–Trinajstić information content (AvgIpc) is 2.22. The molecule has 7 heteroatoms. The monoisotopic (exact) mass is 276 g/mol. The number of alkyl halides is 5. The highest BCUT2D eigenvalue weighted by Crippen LogP contribution is 2.36. The Hall–Kier alpha value is -0.880. The van der Waals surface area contributed by atoms with Gasteiger partial charge in [-0.25, -0.2) is 4.79 Å². The summed E-state index contributed by atoms with van der Waals surface area (Å²) in [7, 11) is 0. The fourth-order valence-electron chi connectivity index (χ4n) is 1.29. The molecule has 2 nitrogen and oxygen atoms in total. The van der Waals surface area contributed by atoms with E-state index in [-0.39, 0.29) is 6.42 Å². The second kappa shape index (κ2) is 6.89. The van der Waals surface area contributed by atoms with Crippen molar-refractivity contribution in [3.05, 3.63) is 0 Å². The zero-order chi connectivity index (χ0) is 14.4. The van der Waals surface area contributed by atoms with Crippen molar-refractivity contribution < 1.29 is 31.5 Å². The molecule has 0 aromatic rings. The minimum atomic E-state index is -5.91. The van der Waals surface area contributed by atoms with Crippen molar-refractivity contribution in [1.29, 1.82) is 0 Å². The highest BCUT2D eigenvalue weighted by atomic mass is 19.4. The summed E-state index contributed by atoms with van der Waals surface area (Å²) >= 11 is 0. The van der Waals surface area contributed by atoms with Crippen LogP contribution in [0, 0.1) is 0 Å². The van der Waals surface area contributed by atoms with Gasteiger partial charge in [-0.2, -0.15) is 22.0 Å². The van der Waals surface area contributed by atoms with Gasteiger partial charge in [0, 0.05) is 0 Å². The van der Waals surface area contributed by atoms with Gasteiger partial charge in [-0.3, -0.25) is 0 Å². The van der Waals surface area contributed by atoms with Gasteiger partial charge in [-0.05, 0) is 19.8 Å². The smallest absolute Gasteiger partial charge is 0.458 e. The lowest BCUT2D eigenvalue weighted by Gasteiger charge is -2.20. The number of carbonyl (C=O) groups excluding carboxylic acids is 1. The fourth-order valence-corrected chi connectivity index (χ4v) is 1.29. The van der Waals surface area contributed by atoms with Crippen LogP contribution < -0.4 is 0 Å². The maximum atomic E-state index is 12.5.